The van der Waals surface area contributed by atoms with Crippen molar-refractivity contribution in [2.45, 2.75) is 32.2 Å². The molecule has 0 saturated heterocycles. The number of carbonyl (C=O) groups excluding carboxylic acids is 1. The molecule has 0 spiro atoms. The van der Waals surface area contributed by atoms with E-state index in [0.717, 1.165) is 29.7 Å². The second kappa shape index (κ2) is 3.35. The van der Waals surface area contributed by atoms with Crippen molar-refractivity contribution >= 4 is 11.6 Å². The van der Waals surface area contributed by atoms with Crippen LogP contribution in [0.4, 0.5) is 5.69 Å². The van der Waals surface area contributed by atoms with Gasteiger partial charge in [0.2, 0.25) is 5.91 Å². The monoisotopic (exact) mass is 204 g/mol. The van der Waals surface area contributed by atoms with E-state index in [2.05, 4.69) is 5.32 Å². The molecular formula is C12H16N2O. The van der Waals surface area contributed by atoms with E-state index in [1.807, 2.05) is 32.0 Å². The van der Waals surface area contributed by atoms with Gasteiger partial charge in [0.15, 0.2) is 0 Å². The van der Waals surface area contributed by atoms with Crippen molar-refractivity contribution < 1.29 is 4.79 Å². The van der Waals surface area contributed by atoms with Crippen molar-refractivity contribution in [1.29, 1.82) is 0 Å². The molecule has 80 valence electrons. The van der Waals surface area contributed by atoms with E-state index < -0.39 is 5.54 Å². The molecule has 15 heavy (non-hydrogen) atoms. The maximum absolute atomic E-state index is 11.8. The average molecular weight is 204 g/mol. The topological polar surface area (TPSA) is 55.1 Å². The Kier molecular flexibility index (Phi) is 2.27. The molecule has 3 N–H and O–H groups in total. The molecule has 0 aliphatic heterocycles. The van der Waals surface area contributed by atoms with Gasteiger partial charge in [0.1, 0.15) is 0 Å². The van der Waals surface area contributed by atoms with Gasteiger partial charge in [-0.1, -0.05) is 18.2 Å². The quantitative estimate of drug-likeness (QED) is 0.770. The number of para-hydroxylation sites is 1. The highest BCUT2D eigenvalue weighted by Gasteiger charge is 2.46. The Morgan fingerprint density at radius 3 is 2.33 bits per heavy atom. The van der Waals surface area contributed by atoms with E-state index in [1.54, 1.807) is 0 Å². The molecule has 3 nitrogen and oxygen atoms in total. The summed E-state index contributed by atoms with van der Waals surface area (Å²) in [5.74, 6) is -0.0556. The largest absolute Gasteiger partial charge is 0.324 e. The molecule has 1 amide bonds. The minimum atomic E-state index is -0.602. The Morgan fingerprint density at radius 1 is 1.33 bits per heavy atom. The lowest BCUT2D eigenvalue weighted by Gasteiger charge is -2.14. The third-order valence-corrected chi connectivity index (χ3v) is 2.96. The van der Waals surface area contributed by atoms with Crippen molar-refractivity contribution in [2.24, 2.45) is 5.73 Å². The molecule has 1 fully saturated rings. The van der Waals surface area contributed by atoms with E-state index in [1.165, 1.54) is 0 Å². The van der Waals surface area contributed by atoms with Gasteiger partial charge < -0.3 is 11.1 Å². The third kappa shape index (κ3) is 1.88. The first kappa shape index (κ1) is 10.2. The Morgan fingerprint density at radius 2 is 1.87 bits per heavy atom. The summed E-state index contributed by atoms with van der Waals surface area (Å²) in [7, 11) is 0. The summed E-state index contributed by atoms with van der Waals surface area (Å²) in [6.07, 6.45) is 1.59. The number of carbonyl (C=O) groups is 1. The summed E-state index contributed by atoms with van der Waals surface area (Å²) < 4.78 is 0. The highest BCUT2D eigenvalue weighted by atomic mass is 16.2. The molecule has 1 aliphatic rings. The first-order valence-electron chi connectivity index (χ1n) is 5.19. The van der Waals surface area contributed by atoms with Crippen LogP contribution in [0.3, 0.4) is 0 Å². The van der Waals surface area contributed by atoms with Gasteiger partial charge in [-0.05, 0) is 37.8 Å². The molecule has 1 aromatic rings. The molecule has 3 heteroatoms. The van der Waals surface area contributed by atoms with Gasteiger partial charge >= 0.3 is 0 Å². The van der Waals surface area contributed by atoms with Crippen molar-refractivity contribution in [3.8, 4) is 0 Å². The lowest BCUT2D eigenvalue weighted by Crippen LogP contribution is -2.38. The Bertz CT molecular complexity index is 388. The lowest BCUT2D eigenvalue weighted by atomic mass is 10.1. The van der Waals surface area contributed by atoms with Crippen LogP contribution in [0.25, 0.3) is 0 Å². The SMILES string of the molecule is Cc1cccc(C)c1NC(=O)C1(N)CC1. The number of anilines is 1. The number of nitrogens with two attached hydrogens (primary N) is 1. The fourth-order valence-corrected chi connectivity index (χ4v) is 1.61. The number of benzene rings is 1. The van der Waals surface area contributed by atoms with E-state index in [9.17, 15) is 4.79 Å². The van der Waals surface area contributed by atoms with Gasteiger partial charge in [-0.2, -0.15) is 0 Å². The molecule has 2 rings (SSSR count). The molecule has 1 aromatic carbocycles. The molecule has 1 aliphatic carbocycles. The number of hydrogen-bond donors (Lipinski definition) is 2. The van der Waals surface area contributed by atoms with Crippen LogP contribution in [0.2, 0.25) is 0 Å². The summed E-state index contributed by atoms with van der Waals surface area (Å²) >= 11 is 0. The number of hydrogen-bond acceptors (Lipinski definition) is 2. The highest BCUT2D eigenvalue weighted by Crippen LogP contribution is 2.34. The van der Waals surface area contributed by atoms with Crippen LogP contribution in [0.15, 0.2) is 18.2 Å². The van der Waals surface area contributed by atoms with Crippen LogP contribution in [-0.4, -0.2) is 11.4 Å². The van der Waals surface area contributed by atoms with Gasteiger partial charge in [-0.15, -0.1) is 0 Å². The Labute approximate surface area is 89.7 Å². The predicted octanol–water partition coefficient (Wildman–Crippen LogP) is 1.73. The highest BCUT2D eigenvalue weighted by molar-refractivity contribution is 6.01. The summed E-state index contributed by atoms with van der Waals surface area (Å²) in [6, 6.07) is 5.95. The van der Waals surface area contributed by atoms with E-state index in [-0.39, 0.29) is 5.91 Å². The number of amides is 1. The third-order valence-electron chi connectivity index (χ3n) is 2.96. The zero-order valence-electron chi connectivity index (χ0n) is 9.13. The van der Waals surface area contributed by atoms with E-state index in [0.29, 0.717) is 0 Å². The van der Waals surface area contributed by atoms with Crippen LogP contribution >= 0.6 is 0 Å². The Hall–Kier alpha value is -1.35. The van der Waals surface area contributed by atoms with Crippen molar-refractivity contribution in [2.75, 3.05) is 5.32 Å². The minimum Gasteiger partial charge on any atom is -0.324 e. The number of rotatable bonds is 2. The van der Waals surface area contributed by atoms with Gasteiger partial charge in [0, 0.05) is 5.69 Å². The maximum atomic E-state index is 11.8. The Balaban J connectivity index is 2.20. The van der Waals surface area contributed by atoms with Gasteiger partial charge in [0.05, 0.1) is 5.54 Å². The molecule has 0 aromatic heterocycles. The van der Waals surface area contributed by atoms with Gasteiger partial charge in [-0.25, -0.2) is 0 Å². The normalized spacial score (nSPS) is 17.3. The predicted molar refractivity (Wildman–Crippen MR) is 60.7 cm³/mol. The second-order valence-electron chi connectivity index (χ2n) is 4.38. The van der Waals surface area contributed by atoms with Crippen molar-refractivity contribution in [3.05, 3.63) is 29.3 Å². The first-order chi connectivity index (χ1) is 7.03. The summed E-state index contributed by atoms with van der Waals surface area (Å²) in [4.78, 5) is 11.8. The zero-order chi connectivity index (χ0) is 11.1. The standard InChI is InChI=1S/C12H16N2O/c1-8-4-3-5-9(2)10(8)14-11(15)12(13)6-7-12/h3-5H,6-7,13H2,1-2H3,(H,14,15). The molecular weight excluding hydrogens is 188 g/mol. The summed E-state index contributed by atoms with van der Waals surface area (Å²) in [6.45, 7) is 3.97. The van der Waals surface area contributed by atoms with Gasteiger partial charge in [-0.3, -0.25) is 4.79 Å². The fraction of sp³-hybridized carbons (Fsp3) is 0.417. The number of aryl methyl sites for hydroxylation is 2. The molecule has 1 saturated carbocycles. The molecule has 0 atom stereocenters. The second-order valence-corrected chi connectivity index (χ2v) is 4.38. The average Bonchev–Trinajstić information content (AvgIpc) is 2.91. The minimum absolute atomic E-state index is 0.0556. The van der Waals surface area contributed by atoms with Crippen LogP contribution in [-0.2, 0) is 4.79 Å². The molecule has 0 unspecified atom stereocenters. The van der Waals surface area contributed by atoms with Crippen LogP contribution < -0.4 is 11.1 Å². The fourth-order valence-electron chi connectivity index (χ4n) is 1.61. The zero-order valence-corrected chi connectivity index (χ0v) is 9.13. The van der Waals surface area contributed by atoms with Crippen LogP contribution in [0.5, 0.6) is 0 Å². The summed E-state index contributed by atoms with van der Waals surface area (Å²) in [5, 5.41) is 2.92. The van der Waals surface area contributed by atoms with Crippen LogP contribution in [0, 0.1) is 13.8 Å². The van der Waals surface area contributed by atoms with Crippen molar-refractivity contribution in [1.82, 2.24) is 0 Å². The van der Waals surface area contributed by atoms with Gasteiger partial charge in [0.25, 0.3) is 0 Å². The molecule has 0 heterocycles. The smallest absolute Gasteiger partial charge is 0.244 e. The lowest BCUT2D eigenvalue weighted by molar-refractivity contribution is -0.118. The number of nitrogens with one attached hydrogen (secondary N) is 1. The van der Waals surface area contributed by atoms with E-state index in [4.69, 9.17) is 5.73 Å². The molecule has 0 radical (unpaired) electrons. The van der Waals surface area contributed by atoms with Crippen LogP contribution in [0.1, 0.15) is 24.0 Å². The first-order valence-corrected chi connectivity index (χ1v) is 5.19. The maximum Gasteiger partial charge on any atom is 0.244 e. The summed E-state index contributed by atoms with van der Waals surface area (Å²) in [5.41, 5.74) is 8.28. The van der Waals surface area contributed by atoms with Crippen molar-refractivity contribution in [3.63, 3.8) is 0 Å². The van der Waals surface area contributed by atoms with E-state index >= 15 is 0 Å². The molecule has 0 bridgehead atoms.